The molecule has 0 unspecified atom stereocenters. The largest absolute Gasteiger partial charge is 0.452 e. The number of nitriles is 1. The molecule has 158 valence electrons. The van der Waals surface area contributed by atoms with Crippen molar-refractivity contribution in [1.82, 2.24) is 24.5 Å². The van der Waals surface area contributed by atoms with Crippen LogP contribution in [0.2, 0.25) is 0 Å². The first-order chi connectivity index (χ1) is 15.6. The van der Waals surface area contributed by atoms with E-state index in [1.807, 2.05) is 24.3 Å². The Morgan fingerprint density at radius 1 is 1.06 bits per heavy atom. The molecular formula is C22H17N7O3. The van der Waals surface area contributed by atoms with Crippen molar-refractivity contribution < 1.29 is 14.3 Å². The maximum Gasteiger partial charge on any atom is 0.338 e. The average molecular weight is 427 g/mol. The smallest absolute Gasteiger partial charge is 0.338 e. The maximum absolute atomic E-state index is 12.4. The van der Waals surface area contributed by atoms with E-state index in [0.29, 0.717) is 17.8 Å². The predicted molar refractivity (Wildman–Crippen MR) is 113 cm³/mol. The van der Waals surface area contributed by atoms with E-state index in [1.165, 1.54) is 17.2 Å². The highest BCUT2D eigenvalue weighted by molar-refractivity contribution is 5.95. The number of carbonyl (C=O) groups excluding carboxylic acids is 2. The third-order valence-electron chi connectivity index (χ3n) is 4.48. The zero-order chi connectivity index (χ0) is 22.3. The highest BCUT2D eigenvalue weighted by atomic mass is 16.5. The predicted octanol–water partition coefficient (Wildman–Crippen LogP) is 2.18. The van der Waals surface area contributed by atoms with Crippen molar-refractivity contribution >= 4 is 17.7 Å². The van der Waals surface area contributed by atoms with Gasteiger partial charge in [0, 0.05) is 0 Å². The minimum atomic E-state index is -0.635. The SMILES string of the molecule is N#Cc1cnn(-c2ccccc2)c1NC(=O)COC(=O)c1ccc(Cn2cncn2)cc1. The van der Waals surface area contributed by atoms with Gasteiger partial charge in [-0.1, -0.05) is 30.3 Å². The number of hydrogen-bond donors (Lipinski definition) is 1. The van der Waals surface area contributed by atoms with Gasteiger partial charge in [0.25, 0.3) is 5.91 Å². The van der Waals surface area contributed by atoms with E-state index in [0.717, 1.165) is 5.56 Å². The van der Waals surface area contributed by atoms with E-state index in [9.17, 15) is 14.9 Å². The quantitative estimate of drug-likeness (QED) is 0.448. The van der Waals surface area contributed by atoms with Gasteiger partial charge in [-0.2, -0.15) is 15.5 Å². The van der Waals surface area contributed by atoms with Crippen LogP contribution in [-0.2, 0) is 16.1 Å². The average Bonchev–Trinajstić information content (AvgIpc) is 3.48. The van der Waals surface area contributed by atoms with E-state index < -0.39 is 18.5 Å². The molecule has 0 radical (unpaired) electrons. The van der Waals surface area contributed by atoms with Crippen LogP contribution in [0.3, 0.4) is 0 Å². The first-order valence-electron chi connectivity index (χ1n) is 9.56. The number of nitrogens with zero attached hydrogens (tertiary/aromatic N) is 6. The van der Waals surface area contributed by atoms with Gasteiger partial charge in [-0.15, -0.1) is 0 Å². The molecule has 32 heavy (non-hydrogen) atoms. The molecule has 0 saturated carbocycles. The molecule has 0 saturated heterocycles. The lowest BCUT2D eigenvalue weighted by atomic mass is 10.1. The van der Waals surface area contributed by atoms with E-state index in [2.05, 4.69) is 20.5 Å². The van der Waals surface area contributed by atoms with Crippen molar-refractivity contribution in [3.63, 3.8) is 0 Å². The second-order valence-corrected chi connectivity index (χ2v) is 6.68. The van der Waals surface area contributed by atoms with Crippen molar-refractivity contribution in [3.05, 3.63) is 90.1 Å². The van der Waals surface area contributed by atoms with Crippen LogP contribution in [0.4, 0.5) is 5.82 Å². The number of hydrogen-bond acceptors (Lipinski definition) is 7. The number of carbonyl (C=O) groups is 2. The van der Waals surface area contributed by atoms with Crippen LogP contribution in [0.25, 0.3) is 5.69 Å². The number of rotatable bonds is 7. The number of benzene rings is 2. The molecule has 2 heterocycles. The topological polar surface area (TPSA) is 128 Å². The molecule has 1 N–H and O–H groups in total. The summed E-state index contributed by atoms with van der Waals surface area (Å²) in [5.74, 6) is -1.02. The number of amides is 1. The number of aromatic nitrogens is 5. The molecule has 10 heteroatoms. The van der Waals surface area contributed by atoms with Gasteiger partial charge in [0.15, 0.2) is 12.4 Å². The Labute approximate surface area is 182 Å². The van der Waals surface area contributed by atoms with E-state index in [1.54, 1.807) is 47.4 Å². The van der Waals surface area contributed by atoms with Crippen LogP contribution in [0.15, 0.2) is 73.4 Å². The number of nitrogens with one attached hydrogen (secondary N) is 1. The lowest BCUT2D eigenvalue weighted by Crippen LogP contribution is -2.23. The van der Waals surface area contributed by atoms with Gasteiger partial charge in [0.2, 0.25) is 0 Å². The minimum absolute atomic E-state index is 0.191. The van der Waals surface area contributed by atoms with E-state index in [4.69, 9.17) is 4.74 Å². The monoisotopic (exact) mass is 427 g/mol. The molecule has 4 aromatic rings. The van der Waals surface area contributed by atoms with Gasteiger partial charge in [0.1, 0.15) is 24.3 Å². The zero-order valence-electron chi connectivity index (χ0n) is 16.8. The molecule has 4 rings (SSSR count). The second-order valence-electron chi connectivity index (χ2n) is 6.68. The third-order valence-corrected chi connectivity index (χ3v) is 4.48. The van der Waals surface area contributed by atoms with Gasteiger partial charge in [-0.3, -0.25) is 4.79 Å². The Balaban J connectivity index is 1.37. The Kier molecular flexibility index (Phi) is 5.99. The summed E-state index contributed by atoms with van der Waals surface area (Å²) in [5, 5.41) is 20.1. The van der Waals surface area contributed by atoms with Gasteiger partial charge in [-0.25, -0.2) is 19.1 Å². The lowest BCUT2D eigenvalue weighted by Gasteiger charge is -2.10. The molecule has 0 bridgehead atoms. The Morgan fingerprint density at radius 2 is 1.84 bits per heavy atom. The van der Waals surface area contributed by atoms with Crippen LogP contribution in [0.1, 0.15) is 21.5 Å². The summed E-state index contributed by atoms with van der Waals surface area (Å²) in [6.45, 7) is 0.0123. The Bertz CT molecular complexity index is 1260. The van der Waals surface area contributed by atoms with Gasteiger partial charge < -0.3 is 10.1 Å². The van der Waals surface area contributed by atoms with Gasteiger partial charge in [-0.05, 0) is 29.8 Å². The lowest BCUT2D eigenvalue weighted by molar-refractivity contribution is -0.119. The second kappa shape index (κ2) is 9.36. The molecule has 0 spiro atoms. The molecule has 2 aromatic heterocycles. The van der Waals surface area contributed by atoms with Gasteiger partial charge >= 0.3 is 5.97 Å². The highest BCUT2D eigenvalue weighted by Gasteiger charge is 2.17. The summed E-state index contributed by atoms with van der Waals surface area (Å²) in [7, 11) is 0. The van der Waals surface area contributed by atoms with Crippen LogP contribution >= 0.6 is 0 Å². The summed E-state index contributed by atoms with van der Waals surface area (Å²) in [6, 6.07) is 17.8. The Hall–Kier alpha value is -4.78. The first kappa shape index (κ1) is 20.5. The molecule has 10 nitrogen and oxygen atoms in total. The molecule has 0 aliphatic carbocycles. The molecular weight excluding hydrogens is 410 g/mol. The summed E-state index contributed by atoms with van der Waals surface area (Å²) < 4.78 is 8.21. The van der Waals surface area contributed by atoms with Crippen molar-refractivity contribution in [1.29, 1.82) is 5.26 Å². The standard InChI is InChI=1S/C22H17N7O3/c23-10-18-11-25-29(19-4-2-1-3-5-19)21(18)27-20(30)13-32-22(31)17-8-6-16(7-9-17)12-28-15-24-14-26-28/h1-9,11,14-15H,12-13H2,(H,27,30). The minimum Gasteiger partial charge on any atom is -0.452 e. The van der Waals surface area contributed by atoms with Gasteiger partial charge in [0.05, 0.1) is 24.0 Å². The van der Waals surface area contributed by atoms with Crippen molar-refractivity contribution in [2.75, 3.05) is 11.9 Å². The fourth-order valence-corrected chi connectivity index (χ4v) is 2.95. The highest BCUT2D eigenvalue weighted by Crippen LogP contribution is 2.19. The molecule has 0 atom stereocenters. The molecule has 0 aliphatic heterocycles. The zero-order valence-corrected chi connectivity index (χ0v) is 16.8. The first-order valence-corrected chi connectivity index (χ1v) is 9.56. The fraction of sp³-hybridized carbons (Fsp3) is 0.0909. The summed E-state index contributed by atoms with van der Waals surface area (Å²) >= 11 is 0. The summed E-state index contributed by atoms with van der Waals surface area (Å²) in [4.78, 5) is 28.5. The number of esters is 1. The van der Waals surface area contributed by atoms with Crippen LogP contribution in [0.5, 0.6) is 0 Å². The number of ether oxygens (including phenoxy) is 1. The molecule has 2 aromatic carbocycles. The van der Waals surface area contributed by atoms with Crippen LogP contribution < -0.4 is 5.32 Å². The van der Waals surface area contributed by atoms with Crippen LogP contribution in [-0.4, -0.2) is 43.0 Å². The fourth-order valence-electron chi connectivity index (χ4n) is 2.95. The summed E-state index contributed by atoms with van der Waals surface area (Å²) in [5.41, 5.74) is 2.11. The van der Waals surface area contributed by atoms with E-state index >= 15 is 0 Å². The molecule has 0 fully saturated rings. The normalized spacial score (nSPS) is 10.3. The summed E-state index contributed by atoms with van der Waals surface area (Å²) in [6.07, 6.45) is 4.40. The van der Waals surface area contributed by atoms with Crippen molar-refractivity contribution in [3.8, 4) is 11.8 Å². The maximum atomic E-state index is 12.4. The van der Waals surface area contributed by atoms with Crippen molar-refractivity contribution in [2.45, 2.75) is 6.54 Å². The number of anilines is 1. The third kappa shape index (κ3) is 4.68. The number of para-hydroxylation sites is 1. The molecule has 0 aliphatic rings. The van der Waals surface area contributed by atoms with Crippen molar-refractivity contribution in [2.24, 2.45) is 0 Å². The Morgan fingerprint density at radius 3 is 2.53 bits per heavy atom. The van der Waals surface area contributed by atoms with Crippen LogP contribution in [0, 0.1) is 11.3 Å². The molecule has 1 amide bonds. The van der Waals surface area contributed by atoms with E-state index in [-0.39, 0.29) is 11.4 Å².